The molecule has 5 heteroatoms. The number of carboxylic acids is 1. The summed E-state index contributed by atoms with van der Waals surface area (Å²) in [6.45, 7) is 3.43. The average Bonchev–Trinajstić information content (AvgIpc) is 2.28. The Labute approximate surface area is 102 Å². The lowest BCUT2D eigenvalue weighted by atomic mass is 10.00. The van der Waals surface area contributed by atoms with E-state index in [9.17, 15) is 9.59 Å². The summed E-state index contributed by atoms with van der Waals surface area (Å²) < 4.78 is 0. The molecule has 1 N–H and O–H groups in total. The first-order chi connectivity index (χ1) is 8.06. The lowest BCUT2D eigenvalue weighted by Gasteiger charge is -2.37. The second kappa shape index (κ2) is 6.47. The summed E-state index contributed by atoms with van der Waals surface area (Å²) in [6, 6.07) is -0.161. The van der Waals surface area contributed by atoms with Crippen molar-refractivity contribution in [1.82, 2.24) is 9.80 Å². The third-order valence-electron chi connectivity index (χ3n) is 3.17. The molecule has 0 saturated carbocycles. The normalized spacial score (nSPS) is 20.1. The van der Waals surface area contributed by atoms with Crippen molar-refractivity contribution < 1.29 is 14.7 Å². The van der Waals surface area contributed by atoms with Gasteiger partial charge < -0.3 is 14.9 Å². The van der Waals surface area contributed by atoms with Gasteiger partial charge in [0.05, 0.1) is 6.42 Å². The van der Waals surface area contributed by atoms with Gasteiger partial charge >= 0.3 is 12.0 Å². The van der Waals surface area contributed by atoms with Gasteiger partial charge in [-0.25, -0.2) is 4.79 Å². The number of aliphatic carboxylic acids is 1. The van der Waals surface area contributed by atoms with Crippen LogP contribution in [0.25, 0.3) is 0 Å². The molecule has 0 aromatic heterocycles. The molecule has 1 saturated heterocycles. The minimum absolute atomic E-state index is 0.0298. The van der Waals surface area contributed by atoms with Gasteiger partial charge in [0.25, 0.3) is 0 Å². The van der Waals surface area contributed by atoms with Crippen molar-refractivity contribution in [2.24, 2.45) is 0 Å². The minimum atomic E-state index is -0.826. The number of hydrogen-bond donors (Lipinski definition) is 1. The second-order valence-corrected chi connectivity index (χ2v) is 4.64. The molecule has 1 fully saturated rings. The van der Waals surface area contributed by atoms with Gasteiger partial charge in [0.1, 0.15) is 0 Å². The standard InChI is InChI=1S/C12H22N2O3/c1-3-7-13(2)12(17)14-8-5-4-6-10(14)9-11(15)16/h10H,3-9H2,1-2H3,(H,15,16). The molecule has 0 bridgehead atoms. The molecule has 17 heavy (non-hydrogen) atoms. The predicted molar refractivity (Wildman–Crippen MR) is 64.9 cm³/mol. The molecule has 0 aromatic carbocycles. The lowest BCUT2D eigenvalue weighted by molar-refractivity contribution is -0.138. The maximum absolute atomic E-state index is 12.1. The third-order valence-corrected chi connectivity index (χ3v) is 3.17. The zero-order chi connectivity index (χ0) is 12.8. The summed E-state index contributed by atoms with van der Waals surface area (Å²) in [5.41, 5.74) is 0. The molecule has 98 valence electrons. The van der Waals surface area contributed by atoms with Crippen molar-refractivity contribution in [3.05, 3.63) is 0 Å². The van der Waals surface area contributed by atoms with Gasteiger partial charge in [0, 0.05) is 26.2 Å². The maximum Gasteiger partial charge on any atom is 0.320 e. The van der Waals surface area contributed by atoms with Gasteiger partial charge in [0.15, 0.2) is 0 Å². The Balaban J connectivity index is 2.63. The maximum atomic E-state index is 12.1. The third kappa shape index (κ3) is 3.91. The summed E-state index contributed by atoms with van der Waals surface area (Å²) in [7, 11) is 1.78. The van der Waals surface area contributed by atoms with Crippen molar-refractivity contribution in [1.29, 1.82) is 0 Å². The van der Waals surface area contributed by atoms with Crippen LogP contribution in [0.2, 0.25) is 0 Å². The Morgan fingerprint density at radius 3 is 2.71 bits per heavy atom. The van der Waals surface area contributed by atoms with E-state index in [4.69, 9.17) is 5.11 Å². The summed E-state index contributed by atoms with van der Waals surface area (Å²) in [5.74, 6) is -0.826. The van der Waals surface area contributed by atoms with Crippen LogP contribution < -0.4 is 0 Å². The molecule has 1 aliphatic rings. The van der Waals surface area contributed by atoms with E-state index in [1.54, 1.807) is 16.8 Å². The molecule has 1 atom stereocenters. The van der Waals surface area contributed by atoms with E-state index in [1.165, 1.54) is 0 Å². The molecule has 1 unspecified atom stereocenters. The van der Waals surface area contributed by atoms with Gasteiger partial charge in [-0.05, 0) is 25.7 Å². The van der Waals surface area contributed by atoms with Crippen LogP contribution in [0.4, 0.5) is 4.79 Å². The smallest absolute Gasteiger partial charge is 0.320 e. The number of carbonyl (C=O) groups excluding carboxylic acids is 1. The fraction of sp³-hybridized carbons (Fsp3) is 0.833. The first-order valence-corrected chi connectivity index (χ1v) is 6.29. The van der Waals surface area contributed by atoms with Crippen LogP contribution in [-0.4, -0.2) is 53.1 Å². The van der Waals surface area contributed by atoms with E-state index < -0.39 is 5.97 Å². The van der Waals surface area contributed by atoms with Crippen LogP contribution in [-0.2, 0) is 4.79 Å². The zero-order valence-electron chi connectivity index (χ0n) is 10.7. The van der Waals surface area contributed by atoms with E-state index >= 15 is 0 Å². The van der Waals surface area contributed by atoms with Crippen molar-refractivity contribution in [3.63, 3.8) is 0 Å². The summed E-state index contributed by atoms with van der Waals surface area (Å²) in [4.78, 5) is 26.3. The van der Waals surface area contributed by atoms with Crippen LogP contribution >= 0.6 is 0 Å². The molecule has 0 aromatic rings. The number of piperidine rings is 1. The Bertz CT molecular complexity index is 281. The highest BCUT2D eigenvalue weighted by atomic mass is 16.4. The quantitative estimate of drug-likeness (QED) is 0.817. The molecule has 0 radical (unpaired) electrons. The molecular formula is C12H22N2O3. The lowest BCUT2D eigenvalue weighted by Crippen LogP contribution is -2.50. The van der Waals surface area contributed by atoms with Crippen LogP contribution in [0.3, 0.4) is 0 Å². The molecule has 1 rings (SSSR count). The fourth-order valence-electron chi connectivity index (χ4n) is 2.32. The average molecular weight is 242 g/mol. The number of hydrogen-bond acceptors (Lipinski definition) is 2. The topological polar surface area (TPSA) is 60.9 Å². The van der Waals surface area contributed by atoms with Crippen LogP contribution in [0.5, 0.6) is 0 Å². The summed E-state index contributed by atoms with van der Waals surface area (Å²) in [5, 5.41) is 8.86. The molecule has 5 nitrogen and oxygen atoms in total. The Morgan fingerprint density at radius 2 is 2.12 bits per heavy atom. The van der Waals surface area contributed by atoms with Gasteiger partial charge in [-0.1, -0.05) is 6.92 Å². The number of rotatable bonds is 4. The van der Waals surface area contributed by atoms with Crippen molar-refractivity contribution in [2.75, 3.05) is 20.1 Å². The number of carbonyl (C=O) groups is 2. The fourth-order valence-corrected chi connectivity index (χ4v) is 2.32. The van der Waals surface area contributed by atoms with Gasteiger partial charge in [0.2, 0.25) is 0 Å². The monoisotopic (exact) mass is 242 g/mol. The van der Waals surface area contributed by atoms with E-state index in [-0.39, 0.29) is 18.5 Å². The van der Waals surface area contributed by atoms with E-state index in [0.717, 1.165) is 32.2 Å². The second-order valence-electron chi connectivity index (χ2n) is 4.64. The molecule has 0 aliphatic carbocycles. The van der Waals surface area contributed by atoms with Crippen LogP contribution in [0, 0.1) is 0 Å². The summed E-state index contributed by atoms with van der Waals surface area (Å²) >= 11 is 0. The number of nitrogens with zero attached hydrogens (tertiary/aromatic N) is 2. The highest BCUT2D eigenvalue weighted by molar-refractivity contribution is 5.76. The first-order valence-electron chi connectivity index (χ1n) is 6.29. The SMILES string of the molecule is CCCN(C)C(=O)N1CCCCC1CC(=O)O. The molecule has 1 aliphatic heterocycles. The molecule has 1 heterocycles. The molecular weight excluding hydrogens is 220 g/mol. The first kappa shape index (κ1) is 13.8. The van der Waals surface area contributed by atoms with E-state index in [2.05, 4.69) is 0 Å². The Kier molecular flexibility index (Phi) is 5.25. The Morgan fingerprint density at radius 1 is 1.41 bits per heavy atom. The van der Waals surface area contributed by atoms with Gasteiger partial charge in [-0.2, -0.15) is 0 Å². The van der Waals surface area contributed by atoms with Crippen molar-refractivity contribution in [2.45, 2.75) is 45.1 Å². The molecule has 0 spiro atoms. The number of amides is 2. The predicted octanol–water partition coefficient (Wildman–Crippen LogP) is 1.78. The van der Waals surface area contributed by atoms with Gasteiger partial charge in [-0.3, -0.25) is 4.79 Å². The Hall–Kier alpha value is -1.26. The zero-order valence-corrected chi connectivity index (χ0v) is 10.7. The molecule has 2 amide bonds. The van der Waals surface area contributed by atoms with E-state index in [1.807, 2.05) is 6.92 Å². The van der Waals surface area contributed by atoms with Crippen LogP contribution in [0.15, 0.2) is 0 Å². The minimum Gasteiger partial charge on any atom is -0.481 e. The van der Waals surface area contributed by atoms with E-state index in [0.29, 0.717) is 6.54 Å². The number of carboxylic acid groups (broad SMARTS) is 1. The highest BCUT2D eigenvalue weighted by Crippen LogP contribution is 2.21. The number of urea groups is 1. The van der Waals surface area contributed by atoms with Crippen LogP contribution in [0.1, 0.15) is 39.0 Å². The highest BCUT2D eigenvalue weighted by Gasteiger charge is 2.29. The number of likely N-dealkylation sites (tertiary alicyclic amines) is 1. The van der Waals surface area contributed by atoms with Crippen molar-refractivity contribution >= 4 is 12.0 Å². The summed E-state index contributed by atoms with van der Waals surface area (Å²) in [6.07, 6.45) is 3.77. The largest absolute Gasteiger partial charge is 0.481 e. The van der Waals surface area contributed by atoms with Gasteiger partial charge in [-0.15, -0.1) is 0 Å². The van der Waals surface area contributed by atoms with Crippen molar-refractivity contribution in [3.8, 4) is 0 Å².